The molecular weight excluding hydrogens is 510 g/mol. The third kappa shape index (κ3) is 2.99. The fraction of sp³-hybridized carbons (Fsp3) is 0.552. The van der Waals surface area contributed by atoms with Gasteiger partial charge in [-0.3, -0.25) is 0 Å². The summed E-state index contributed by atoms with van der Waals surface area (Å²) in [7, 11) is 0. The van der Waals surface area contributed by atoms with E-state index >= 15 is 0 Å². The van der Waals surface area contributed by atoms with Gasteiger partial charge < -0.3 is 24.8 Å². The molecule has 0 amide bonds. The standard InChI is InChI=1S/C29H37.2ClH.Zr/c1-18-25-22-17-19-13-9-10-14-20(19)24(22)21-15-11-12-16-23(21)29(25,8)28(6,7)27(4,5)26(18,2)3;;;/h9-11,13-15,23H,12,16-17H2,1-8H3;2*1H;/q-1;;;+3/p-2. The van der Waals surface area contributed by atoms with Gasteiger partial charge in [-0.15, -0.1) is 6.92 Å². The summed E-state index contributed by atoms with van der Waals surface area (Å²) in [6.45, 7) is 20.3. The monoisotopic (exact) mass is 545 g/mol. The Hall–Kier alpha value is -0.227. The fourth-order valence-corrected chi connectivity index (χ4v) is 7.57. The Morgan fingerprint density at radius 2 is 1.53 bits per heavy atom. The van der Waals surface area contributed by atoms with Crippen LogP contribution >= 0.6 is 0 Å². The van der Waals surface area contributed by atoms with E-state index in [1.54, 1.807) is 28.2 Å². The first kappa shape index (κ1) is 28.0. The first-order valence-corrected chi connectivity index (χ1v) is 11.6. The summed E-state index contributed by atoms with van der Waals surface area (Å²) in [5.41, 5.74) is 10.3. The van der Waals surface area contributed by atoms with Gasteiger partial charge in [0.1, 0.15) is 0 Å². The summed E-state index contributed by atoms with van der Waals surface area (Å²) >= 11 is 0. The summed E-state index contributed by atoms with van der Waals surface area (Å²) in [6, 6.07) is 9.16. The van der Waals surface area contributed by atoms with Gasteiger partial charge in [-0.1, -0.05) is 113 Å². The molecule has 3 heteroatoms. The largest absolute Gasteiger partial charge is 3.00 e. The van der Waals surface area contributed by atoms with E-state index in [1.807, 2.05) is 0 Å². The maximum Gasteiger partial charge on any atom is 3.00 e. The molecule has 32 heavy (non-hydrogen) atoms. The van der Waals surface area contributed by atoms with Crippen molar-refractivity contribution >= 4 is 5.57 Å². The van der Waals surface area contributed by atoms with Gasteiger partial charge in [0.05, 0.1) is 0 Å². The van der Waals surface area contributed by atoms with Crippen LogP contribution in [-0.4, -0.2) is 0 Å². The number of rotatable bonds is 0. The summed E-state index contributed by atoms with van der Waals surface area (Å²) < 4.78 is 0. The van der Waals surface area contributed by atoms with Gasteiger partial charge in [-0.05, 0) is 40.6 Å². The molecule has 0 heterocycles. The van der Waals surface area contributed by atoms with E-state index in [1.165, 1.54) is 24.0 Å². The Labute approximate surface area is 227 Å². The number of hydrogen-bond acceptors (Lipinski definition) is 0. The molecule has 1 aromatic rings. The second kappa shape index (κ2) is 8.46. The Bertz CT molecular complexity index is 1010. The molecular formula is C29H37Cl2Zr. The number of fused-ring (bicyclic) bond motifs is 6. The van der Waals surface area contributed by atoms with E-state index in [9.17, 15) is 0 Å². The van der Waals surface area contributed by atoms with Crippen molar-refractivity contribution in [2.24, 2.45) is 27.6 Å². The molecule has 1 aromatic carbocycles. The maximum atomic E-state index is 2.62. The topological polar surface area (TPSA) is 0 Å². The normalized spacial score (nSPS) is 30.1. The SMILES string of the molecule is C[C-]1C2=C3Cc4ccccc4C3=C3C=CCCC3C2(C)C(C)(C)C(C)(C)C1(C)C.[Cl-].[Cl-].[Zr+3]. The average Bonchev–Trinajstić information content (AvgIpc) is 3.05. The molecule has 0 nitrogen and oxygen atoms in total. The van der Waals surface area contributed by atoms with Gasteiger partial charge >= 0.3 is 26.2 Å². The molecule has 0 bridgehead atoms. The fourth-order valence-electron chi connectivity index (χ4n) is 7.57. The van der Waals surface area contributed by atoms with Crippen LogP contribution in [0.15, 0.2) is 53.1 Å². The molecule has 1 fully saturated rings. The second-order valence-electron chi connectivity index (χ2n) is 11.8. The van der Waals surface area contributed by atoms with Crippen molar-refractivity contribution in [1.82, 2.24) is 0 Å². The molecule has 0 aromatic heterocycles. The van der Waals surface area contributed by atoms with Crippen LogP contribution in [0, 0.1) is 33.5 Å². The van der Waals surface area contributed by atoms with E-state index in [0.717, 1.165) is 6.42 Å². The molecule has 1 radical (unpaired) electrons. The minimum atomic E-state index is 0. The van der Waals surface area contributed by atoms with Crippen molar-refractivity contribution in [1.29, 1.82) is 0 Å². The number of halogens is 2. The van der Waals surface area contributed by atoms with Gasteiger partial charge in [-0.2, -0.15) is 11.1 Å². The summed E-state index contributed by atoms with van der Waals surface area (Å²) in [4.78, 5) is 0. The molecule has 2 unspecified atom stereocenters. The van der Waals surface area contributed by atoms with Crippen molar-refractivity contribution in [2.75, 3.05) is 0 Å². The minimum absolute atomic E-state index is 0. The molecule has 5 rings (SSSR count). The van der Waals surface area contributed by atoms with Crippen LogP contribution in [0.5, 0.6) is 0 Å². The third-order valence-corrected chi connectivity index (χ3v) is 10.8. The van der Waals surface area contributed by atoms with Crippen LogP contribution in [0.25, 0.3) is 5.57 Å². The van der Waals surface area contributed by atoms with Crippen molar-refractivity contribution in [3.8, 4) is 0 Å². The number of hydrogen-bond donors (Lipinski definition) is 0. The average molecular weight is 548 g/mol. The van der Waals surface area contributed by atoms with E-state index in [4.69, 9.17) is 0 Å². The molecule has 171 valence electrons. The molecule has 1 saturated carbocycles. The Morgan fingerprint density at radius 3 is 2.19 bits per heavy atom. The summed E-state index contributed by atoms with van der Waals surface area (Å²) in [6.07, 6.45) is 8.50. The first-order chi connectivity index (χ1) is 13.5. The number of allylic oxidation sites excluding steroid dienone is 6. The third-order valence-electron chi connectivity index (χ3n) is 10.8. The van der Waals surface area contributed by atoms with Crippen LogP contribution in [0.3, 0.4) is 0 Å². The molecule has 0 saturated heterocycles. The molecule has 4 aliphatic carbocycles. The van der Waals surface area contributed by atoms with Crippen LogP contribution in [0.4, 0.5) is 0 Å². The van der Waals surface area contributed by atoms with Crippen molar-refractivity contribution in [3.63, 3.8) is 0 Å². The summed E-state index contributed by atoms with van der Waals surface area (Å²) in [5, 5.41) is 0. The van der Waals surface area contributed by atoms with Gasteiger partial charge in [-0.25, -0.2) is 5.92 Å². The number of benzene rings is 1. The van der Waals surface area contributed by atoms with Crippen LogP contribution in [0.1, 0.15) is 79.4 Å². The molecule has 0 N–H and O–H groups in total. The first-order valence-electron chi connectivity index (χ1n) is 11.6. The summed E-state index contributed by atoms with van der Waals surface area (Å²) in [5.74, 6) is 2.24. The van der Waals surface area contributed by atoms with E-state index in [2.05, 4.69) is 91.8 Å². The van der Waals surface area contributed by atoms with Crippen molar-refractivity contribution < 1.29 is 51.0 Å². The quantitative estimate of drug-likeness (QED) is 0.436. The predicted molar refractivity (Wildman–Crippen MR) is 124 cm³/mol. The zero-order chi connectivity index (χ0) is 21.0. The van der Waals surface area contributed by atoms with Gasteiger partial charge in [0.2, 0.25) is 0 Å². The zero-order valence-corrected chi connectivity index (χ0v) is 24.9. The molecule has 4 aliphatic rings. The minimum Gasteiger partial charge on any atom is -1.00 e. The van der Waals surface area contributed by atoms with Gasteiger partial charge in [0.15, 0.2) is 0 Å². The van der Waals surface area contributed by atoms with Gasteiger partial charge in [0, 0.05) is 0 Å². The Balaban J connectivity index is 0.00000121. The van der Waals surface area contributed by atoms with Gasteiger partial charge in [0.25, 0.3) is 0 Å². The van der Waals surface area contributed by atoms with Crippen LogP contribution in [0.2, 0.25) is 0 Å². The van der Waals surface area contributed by atoms with Crippen LogP contribution in [-0.2, 0) is 32.6 Å². The predicted octanol–water partition coefficient (Wildman–Crippen LogP) is 1.97. The van der Waals surface area contributed by atoms with Crippen LogP contribution < -0.4 is 24.8 Å². The smallest absolute Gasteiger partial charge is 1.00 e. The maximum absolute atomic E-state index is 2.62. The molecule has 0 spiro atoms. The zero-order valence-electron chi connectivity index (χ0n) is 20.9. The van der Waals surface area contributed by atoms with E-state index in [-0.39, 0.29) is 72.7 Å². The Kier molecular flexibility index (Phi) is 7.41. The molecule has 0 aliphatic heterocycles. The van der Waals surface area contributed by atoms with E-state index in [0.29, 0.717) is 5.92 Å². The van der Waals surface area contributed by atoms with Crippen molar-refractivity contribution in [3.05, 3.63) is 70.2 Å². The Morgan fingerprint density at radius 1 is 0.906 bits per heavy atom. The van der Waals surface area contributed by atoms with Crippen molar-refractivity contribution in [2.45, 2.75) is 74.7 Å². The molecule has 2 atom stereocenters. The van der Waals surface area contributed by atoms with E-state index < -0.39 is 0 Å². The second-order valence-corrected chi connectivity index (χ2v) is 11.8.